The molecule has 1 aromatic carbocycles. The highest BCUT2D eigenvalue weighted by Crippen LogP contribution is 2.37. The fourth-order valence-electron chi connectivity index (χ4n) is 3.14. The Bertz CT molecular complexity index is 529. The molecule has 4 atom stereocenters. The Balaban J connectivity index is 1.81. The third-order valence-corrected chi connectivity index (χ3v) is 4.33. The molecule has 6 nitrogen and oxygen atoms in total. The number of ether oxygens (including phenoxy) is 1. The van der Waals surface area contributed by atoms with Gasteiger partial charge in [0, 0.05) is 12.3 Å². The molecule has 0 saturated heterocycles. The van der Waals surface area contributed by atoms with Gasteiger partial charge < -0.3 is 20.1 Å². The molecule has 0 radical (unpaired) electrons. The molecule has 0 heterocycles. The number of hydrogen-bond donors (Lipinski definition) is 3. The van der Waals surface area contributed by atoms with Crippen LogP contribution in [0.15, 0.2) is 30.3 Å². The number of carbonyl (C=O) groups is 2. The summed E-state index contributed by atoms with van der Waals surface area (Å²) in [7, 11) is 0. The van der Waals surface area contributed by atoms with E-state index in [1.165, 1.54) is 0 Å². The summed E-state index contributed by atoms with van der Waals surface area (Å²) in [4.78, 5) is 22.8. The molecule has 0 aromatic heterocycles. The van der Waals surface area contributed by atoms with Gasteiger partial charge in [-0.15, -0.1) is 0 Å². The maximum atomic E-state index is 11.9. The highest BCUT2D eigenvalue weighted by molar-refractivity contribution is 5.79. The number of aliphatic hydroxyl groups is 2. The van der Waals surface area contributed by atoms with Crippen LogP contribution in [0.2, 0.25) is 0 Å². The quantitative estimate of drug-likeness (QED) is 0.665. The van der Waals surface area contributed by atoms with E-state index >= 15 is 0 Å². The van der Waals surface area contributed by atoms with Crippen molar-refractivity contribution >= 4 is 11.8 Å². The Labute approximate surface area is 134 Å². The van der Waals surface area contributed by atoms with Crippen LogP contribution < -0.4 is 4.74 Å². The highest BCUT2D eigenvalue weighted by Gasteiger charge is 2.42. The minimum atomic E-state index is -1.01. The molecule has 1 aromatic rings. The molecule has 0 amide bonds. The number of hydrogen-bond acceptors (Lipinski definition) is 5. The molecule has 1 aliphatic carbocycles. The van der Waals surface area contributed by atoms with Gasteiger partial charge in [0.2, 0.25) is 0 Å². The Kier molecular flexibility index (Phi) is 6.12. The number of carbonyl (C=O) groups excluding carboxylic acids is 1. The van der Waals surface area contributed by atoms with Gasteiger partial charge in [-0.05, 0) is 30.9 Å². The van der Waals surface area contributed by atoms with Crippen LogP contribution in [0.1, 0.15) is 25.7 Å². The zero-order valence-electron chi connectivity index (χ0n) is 12.8. The van der Waals surface area contributed by atoms with Crippen molar-refractivity contribution < 1.29 is 29.6 Å². The second kappa shape index (κ2) is 8.08. The fraction of sp³-hybridized carbons (Fsp3) is 0.529. The van der Waals surface area contributed by atoms with Gasteiger partial charge in [-0.25, -0.2) is 0 Å². The first kappa shape index (κ1) is 17.4. The topological polar surface area (TPSA) is 104 Å². The average Bonchev–Trinajstić information content (AvgIpc) is 2.77. The summed E-state index contributed by atoms with van der Waals surface area (Å²) in [6, 6.07) is 8.99. The molecule has 6 heteroatoms. The van der Waals surface area contributed by atoms with Gasteiger partial charge in [0.25, 0.3) is 0 Å². The van der Waals surface area contributed by atoms with Crippen LogP contribution in [-0.4, -0.2) is 45.9 Å². The minimum absolute atomic E-state index is 0.0566. The van der Waals surface area contributed by atoms with E-state index in [-0.39, 0.29) is 37.6 Å². The molecule has 2 rings (SSSR count). The number of benzene rings is 1. The third kappa shape index (κ3) is 5.04. The SMILES string of the molecule is O=C(O)C[C@@H]1[C@@H](CCC(=O)COc2ccccc2)[C@H](O)C[C@@H]1O. The molecule has 0 bridgehead atoms. The standard InChI is InChI=1S/C17H22O6/c18-11(10-23-12-4-2-1-3-5-12)6-7-13-14(8-17(21)22)16(20)9-15(13)19/h1-5,13-16,19-20H,6-10H2,(H,21,22)/t13-,14-,15-,16+/m1/s1. The van der Waals surface area contributed by atoms with Crippen LogP contribution in [0, 0.1) is 11.8 Å². The van der Waals surface area contributed by atoms with Crippen LogP contribution in [0.25, 0.3) is 0 Å². The third-order valence-electron chi connectivity index (χ3n) is 4.33. The summed E-state index contributed by atoms with van der Waals surface area (Å²) in [6.45, 7) is -0.0566. The summed E-state index contributed by atoms with van der Waals surface area (Å²) in [5.41, 5.74) is 0. The van der Waals surface area contributed by atoms with Crippen LogP contribution in [-0.2, 0) is 9.59 Å². The molecular weight excluding hydrogens is 300 g/mol. The van der Waals surface area contributed by atoms with E-state index in [2.05, 4.69) is 0 Å². The maximum Gasteiger partial charge on any atom is 0.303 e. The molecule has 1 fully saturated rings. The molecule has 1 saturated carbocycles. The van der Waals surface area contributed by atoms with Gasteiger partial charge in [-0.1, -0.05) is 18.2 Å². The van der Waals surface area contributed by atoms with E-state index in [0.717, 1.165) is 0 Å². The molecule has 1 aliphatic rings. The first-order valence-corrected chi connectivity index (χ1v) is 7.75. The Morgan fingerprint density at radius 3 is 2.39 bits per heavy atom. The lowest BCUT2D eigenvalue weighted by Gasteiger charge is -2.21. The second-order valence-electron chi connectivity index (χ2n) is 5.98. The Morgan fingerprint density at radius 1 is 1.09 bits per heavy atom. The molecular formula is C17H22O6. The number of aliphatic carboxylic acids is 1. The normalized spacial score (nSPS) is 26.9. The van der Waals surface area contributed by atoms with Crippen molar-refractivity contribution in [3.8, 4) is 5.75 Å². The largest absolute Gasteiger partial charge is 0.486 e. The molecule has 0 spiro atoms. The first-order chi connectivity index (χ1) is 11.0. The van der Waals surface area contributed by atoms with Crippen LogP contribution >= 0.6 is 0 Å². The fourth-order valence-corrected chi connectivity index (χ4v) is 3.14. The van der Waals surface area contributed by atoms with Gasteiger partial charge in [0.15, 0.2) is 5.78 Å². The van der Waals surface area contributed by atoms with Gasteiger partial charge in [0.1, 0.15) is 12.4 Å². The Hall–Kier alpha value is -1.92. The summed E-state index contributed by atoms with van der Waals surface area (Å²) in [5, 5.41) is 28.7. The van der Waals surface area contributed by atoms with Crippen molar-refractivity contribution in [2.45, 2.75) is 37.9 Å². The van der Waals surface area contributed by atoms with Crippen molar-refractivity contribution in [3.63, 3.8) is 0 Å². The Morgan fingerprint density at radius 2 is 1.74 bits per heavy atom. The zero-order chi connectivity index (χ0) is 16.8. The lowest BCUT2D eigenvalue weighted by atomic mass is 9.86. The molecule has 3 N–H and O–H groups in total. The van der Waals surface area contributed by atoms with Crippen molar-refractivity contribution in [1.82, 2.24) is 0 Å². The van der Waals surface area contributed by atoms with E-state index in [1.54, 1.807) is 12.1 Å². The van der Waals surface area contributed by atoms with Crippen molar-refractivity contribution in [2.24, 2.45) is 11.8 Å². The monoisotopic (exact) mass is 322 g/mol. The van der Waals surface area contributed by atoms with Gasteiger partial charge >= 0.3 is 5.97 Å². The molecule has 0 aliphatic heterocycles. The molecule has 126 valence electrons. The summed E-state index contributed by atoms with van der Waals surface area (Å²) in [6.07, 6.45) is -1.08. The van der Waals surface area contributed by atoms with Crippen molar-refractivity contribution in [3.05, 3.63) is 30.3 Å². The van der Waals surface area contributed by atoms with E-state index in [0.29, 0.717) is 12.2 Å². The minimum Gasteiger partial charge on any atom is -0.486 e. The van der Waals surface area contributed by atoms with Crippen LogP contribution in [0.5, 0.6) is 5.75 Å². The lowest BCUT2D eigenvalue weighted by Crippen LogP contribution is -2.26. The van der Waals surface area contributed by atoms with Crippen molar-refractivity contribution in [2.75, 3.05) is 6.61 Å². The summed E-state index contributed by atoms with van der Waals surface area (Å²) >= 11 is 0. The first-order valence-electron chi connectivity index (χ1n) is 7.75. The molecule has 23 heavy (non-hydrogen) atoms. The number of aliphatic hydroxyl groups excluding tert-OH is 2. The smallest absolute Gasteiger partial charge is 0.303 e. The zero-order valence-corrected chi connectivity index (χ0v) is 12.8. The van der Waals surface area contributed by atoms with E-state index in [4.69, 9.17) is 9.84 Å². The van der Waals surface area contributed by atoms with E-state index in [9.17, 15) is 19.8 Å². The van der Waals surface area contributed by atoms with Crippen molar-refractivity contribution in [1.29, 1.82) is 0 Å². The number of para-hydroxylation sites is 1. The number of Topliss-reactive ketones (excluding diaryl/α,β-unsaturated/α-hetero) is 1. The summed E-state index contributed by atoms with van der Waals surface area (Å²) in [5.74, 6) is -1.39. The predicted octanol–water partition coefficient (Wildman–Crippen LogP) is 1.25. The maximum absolute atomic E-state index is 11.9. The predicted molar refractivity (Wildman–Crippen MR) is 82.0 cm³/mol. The average molecular weight is 322 g/mol. The van der Waals surface area contributed by atoms with Crippen LogP contribution in [0.3, 0.4) is 0 Å². The van der Waals surface area contributed by atoms with Gasteiger partial charge in [-0.2, -0.15) is 0 Å². The number of ketones is 1. The number of rotatable bonds is 8. The lowest BCUT2D eigenvalue weighted by molar-refractivity contribution is -0.139. The number of carboxylic acid groups (broad SMARTS) is 1. The van der Waals surface area contributed by atoms with E-state index in [1.807, 2.05) is 18.2 Å². The summed E-state index contributed by atoms with van der Waals surface area (Å²) < 4.78 is 5.37. The van der Waals surface area contributed by atoms with Gasteiger partial charge in [0.05, 0.1) is 18.6 Å². The van der Waals surface area contributed by atoms with Crippen LogP contribution in [0.4, 0.5) is 0 Å². The van der Waals surface area contributed by atoms with E-state index < -0.39 is 24.1 Å². The highest BCUT2D eigenvalue weighted by atomic mass is 16.5. The molecule has 0 unspecified atom stereocenters. The second-order valence-corrected chi connectivity index (χ2v) is 5.98. The van der Waals surface area contributed by atoms with Gasteiger partial charge in [-0.3, -0.25) is 9.59 Å². The number of carboxylic acids is 1.